The van der Waals surface area contributed by atoms with Crippen molar-refractivity contribution in [2.75, 3.05) is 13.1 Å². The second-order valence-electron chi connectivity index (χ2n) is 5.85. The molecule has 0 unspecified atom stereocenters. The number of carboxylic acids is 1. The van der Waals surface area contributed by atoms with Crippen LogP contribution >= 0.6 is 0 Å². The van der Waals surface area contributed by atoms with Crippen LogP contribution in [0, 0.1) is 5.41 Å². The van der Waals surface area contributed by atoms with Crippen molar-refractivity contribution in [1.82, 2.24) is 4.90 Å². The van der Waals surface area contributed by atoms with E-state index in [9.17, 15) is 9.59 Å². The van der Waals surface area contributed by atoms with Gasteiger partial charge in [-0.25, -0.2) is 4.79 Å². The van der Waals surface area contributed by atoms with Crippen molar-refractivity contribution in [2.24, 2.45) is 5.41 Å². The Kier molecular flexibility index (Phi) is 5.55. The van der Waals surface area contributed by atoms with Gasteiger partial charge >= 0.3 is 12.1 Å². The molecule has 0 atom stereocenters. The van der Waals surface area contributed by atoms with Gasteiger partial charge in [0.1, 0.15) is 13.2 Å². The second-order valence-corrected chi connectivity index (χ2v) is 5.85. The van der Waals surface area contributed by atoms with Crippen molar-refractivity contribution < 1.29 is 19.4 Å². The van der Waals surface area contributed by atoms with Crippen LogP contribution in [-0.4, -0.2) is 35.2 Å². The fourth-order valence-electron chi connectivity index (χ4n) is 1.73. The lowest BCUT2D eigenvalue weighted by Gasteiger charge is -2.28. The van der Waals surface area contributed by atoms with Crippen molar-refractivity contribution in [1.29, 1.82) is 0 Å². The number of ether oxygens (including phenoxy) is 1. The number of carbonyl (C=O) groups is 2. The molecule has 20 heavy (non-hydrogen) atoms. The largest absolute Gasteiger partial charge is 0.480 e. The molecule has 0 radical (unpaired) electrons. The first-order valence-electron chi connectivity index (χ1n) is 6.45. The van der Waals surface area contributed by atoms with Gasteiger partial charge in [0.2, 0.25) is 0 Å². The summed E-state index contributed by atoms with van der Waals surface area (Å²) < 4.78 is 5.16. The predicted molar refractivity (Wildman–Crippen MR) is 75.3 cm³/mol. The molecule has 1 rings (SSSR count). The summed E-state index contributed by atoms with van der Waals surface area (Å²) >= 11 is 0. The van der Waals surface area contributed by atoms with E-state index in [2.05, 4.69) is 0 Å². The molecule has 0 saturated carbocycles. The third-order valence-electron chi connectivity index (χ3n) is 2.45. The molecule has 110 valence electrons. The fourth-order valence-corrected chi connectivity index (χ4v) is 1.73. The first-order valence-corrected chi connectivity index (χ1v) is 6.45. The molecule has 0 bridgehead atoms. The summed E-state index contributed by atoms with van der Waals surface area (Å²) in [4.78, 5) is 24.0. The van der Waals surface area contributed by atoms with E-state index in [0.29, 0.717) is 6.54 Å². The summed E-state index contributed by atoms with van der Waals surface area (Å²) in [6.07, 6.45) is -0.605. The Morgan fingerprint density at radius 2 is 1.80 bits per heavy atom. The van der Waals surface area contributed by atoms with Crippen LogP contribution in [-0.2, 0) is 16.1 Å². The van der Waals surface area contributed by atoms with Crippen molar-refractivity contribution in [3.8, 4) is 0 Å². The van der Waals surface area contributed by atoms with Crippen LogP contribution in [0.5, 0.6) is 0 Å². The summed E-state index contributed by atoms with van der Waals surface area (Å²) in [5.41, 5.74) is 0.674. The smallest absolute Gasteiger partial charge is 0.410 e. The molecule has 0 heterocycles. The van der Waals surface area contributed by atoms with E-state index in [1.807, 2.05) is 51.1 Å². The minimum Gasteiger partial charge on any atom is -0.480 e. The molecule has 0 aliphatic heterocycles. The Balaban J connectivity index is 2.61. The molecule has 1 amide bonds. The van der Waals surface area contributed by atoms with Crippen LogP contribution in [0.3, 0.4) is 0 Å². The van der Waals surface area contributed by atoms with Crippen molar-refractivity contribution in [3.63, 3.8) is 0 Å². The number of hydrogen-bond donors (Lipinski definition) is 1. The van der Waals surface area contributed by atoms with Gasteiger partial charge in [0.05, 0.1) is 0 Å². The SMILES string of the molecule is CC(C)(C)CN(CC(=O)O)C(=O)OCc1ccccc1. The third kappa shape index (κ3) is 6.22. The molecule has 0 spiro atoms. The topological polar surface area (TPSA) is 66.8 Å². The van der Waals surface area contributed by atoms with Gasteiger partial charge in [-0.15, -0.1) is 0 Å². The summed E-state index contributed by atoms with van der Waals surface area (Å²) in [5, 5.41) is 8.87. The average molecular weight is 279 g/mol. The lowest BCUT2D eigenvalue weighted by atomic mass is 9.96. The van der Waals surface area contributed by atoms with Crippen molar-refractivity contribution in [3.05, 3.63) is 35.9 Å². The van der Waals surface area contributed by atoms with Crippen molar-refractivity contribution >= 4 is 12.1 Å². The average Bonchev–Trinajstić information content (AvgIpc) is 2.34. The molecule has 1 N–H and O–H groups in total. The summed E-state index contributed by atoms with van der Waals surface area (Å²) in [6.45, 7) is 5.92. The van der Waals surface area contributed by atoms with E-state index in [-0.39, 0.29) is 18.6 Å². The maximum atomic E-state index is 12.0. The van der Waals surface area contributed by atoms with E-state index in [0.717, 1.165) is 5.56 Å². The molecule has 0 saturated heterocycles. The number of hydrogen-bond acceptors (Lipinski definition) is 3. The highest BCUT2D eigenvalue weighted by Gasteiger charge is 2.24. The zero-order valence-corrected chi connectivity index (χ0v) is 12.1. The van der Waals surface area contributed by atoms with E-state index < -0.39 is 12.1 Å². The lowest BCUT2D eigenvalue weighted by molar-refractivity contribution is -0.138. The molecule has 0 aliphatic rings. The van der Waals surface area contributed by atoms with E-state index >= 15 is 0 Å². The number of benzene rings is 1. The van der Waals surface area contributed by atoms with Crippen LogP contribution in [0.1, 0.15) is 26.3 Å². The van der Waals surface area contributed by atoms with Gasteiger partial charge in [0, 0.05) is 6.54 Å². The molecule has 0 aromatic heterocycles. The number of carboxylic acid groups (broad SMARTS) is 1. The van der Waals surface area contributed by atoms with Gasteiger partial charge in [-0.2, -0.15) is 0 Å². The zero-order chi connectivity index (χ0) is 15.2. The van der Waals surface area contributed by atoms with Crippen LogP contribution in [0.4, 0.5) is 4.79 Å². The van der Waals surface area contributed by atoms with E-state index in [4.69, 9.17) is 9.84 Å². The maximum Gasteiger partial charge on any atom is 0.410 e. The molecule has 5 nitrogen and oxygen atoms in total. The summed E-state index contributed by atoms with van der Waals surface area (Å²) in [6, 6.07) is 9.28. The third-order valence-corrected chi connectivity index (χ3v) is 2.45. The number of aliphatic carboxylic acids is 1. The quantitative estimate of drug-likeness (QED) is 0.900. The van der Waals surface area contributed by atoms with Gasteiger partial charge in [-0.05, 0) is 11.0 Å². The molecule has 1 aromatic rings. The molecular weight excluding hydrogens is 258 g/mol. The van der Waals surface area contributed by atoms with Crippen LogP contribution in [0.15, 0.2) is 30.3 Å². The minimum atomic E-state index is -1.05. The molecule has 0 aliphatic carbocycles. The first kappa shape index (κ1) is 16.0. The van der Waals surface area contributed by atoms with Gasteiger partial charge in [0.15, 0.2) is 0 Å². The maximum absolute atomic E-state index is 12.0. The number of amides is 1. The first-order chi connectivity index (χ1) is 9.28. The van der Waals surface area contributed by atoms with Gasteiger partial charge in [-0.1, -0.05) is 51.1 Å². The van der Waals surface area contributed by atoms with Crippen LogP contribution in [0.2, 0.25) is 0 Å². The molecule has 1 aromatic carbocycles. The normalized spacial score (nSPS) is 10.9. The predicted octanol–water partition coefficient (Wildman–Crippen LogP) is 2.76. The van der Waals surface area contributed by atoms with Crippen molar-refractivity contribution in [2.45, 2.75) is 27.4 Å². The highest BCUT2D eigenvalue weighted by molar-refractivity contribution is 5.76. The Hall–Kier alpha value is -2.04. The van der Waals surface area contributed by atoms with E-state index in [1.54, 1.807) is 0 Å². The van der Waals surface area contributed by atoms with Gasteiger partial charge in [-0.3, -0.25) is 9.69 Å². The van der Waals surface area contributed by atoms with Crippen LogP contribution in [0.25, 0.3) is 0 Å². The van der Waals surface area contributed by atoms with Crippen LogP contribution < -0.4 is 0 Å². The standard InChI is InChI=1S/C15H21NO4/c1-15(2,3)11-16(9-13(17)18)14(19)20-10-12-7-5-4-6-8-12/h4-8H,9-11H2,1-3H3,(H,17,18). The summed E-state index contributed by atoms with van der Waals surface area (Å²) in [5.74, 6) is -1.05. The molecule has 0 fully saturated rings. The Morgan fingerprint density at radius 3 is 2.30 bits per heavy atom. The molecule has 5 heteroatoms. The highest BCUT2D eigenvalue weighted by atomic mass is 16.6. The Morgan fingerprint density at radius 1 is 1.20 bits per heavy atom. The number of carbonyl (C=O) groups excluding carboxylic acids is 1. The van der Waals surface area contributed by atoms with E-state index in [1.165, 1.54) is 4.90 Å². The minimum absolute atomic E-state index is 0.139. The zero-order valence-electron chi connectivity index (χ0n) is 12.1. The molecular formula is C15H21NO4. The van der Waals surface area contributed by atoms with Gasteiger partial charge < -0.3 is 9.84 Å². The Labute approximate surface area is 119 Å². The number of rotatable bonds is 5. The van der Waals surface area contributed by atoms with Gasteiger partial charge in [0.25, 0.3) is 0 Å². The Bertz CT molecular complexity index is 451. The second kappa shape index (κ2) is 6.93. The monoisotopic (exact) mass is 279 g/mol. The fraction of sp³-hybridized carbons (Fsp3) is 0.467. The number of nitrogens with zero attached hydrogens (tertiary/aromatic N) is 1. The highest BCUT2D eigenvalue weighted by Crippen LogP contribution is 2.16. The lowest BCUT2D eigenvalue weighted by Crippen LogP contribution is -2.41. The summed E-state index contributed by atoms with van der Waals surface area (Å²) in [7, 11) is 0.